The minimum atomic E-state index is -1.01. The number of hydrogen-bond acceptors (Lipinski definition) is 2. The lowest BCUT2D eigenvalue weighted by molar-refractivity contribution is -0.144. The minimum absolute atomic E-state index is 0.0400. The zero-order valence-corrected chi connectivity index (χ0v) is 13.8. The third-order valence-corrected chi connectivity index (χ3v) is 4.33. The molecule has 116 valence electrons. The second-order valence-electron chi connectivity index (χ2n) is 5.59. The Morgan fingerprint density at radius 3 is 2.55 bits per heavy atom. The third-order valence-electron chi connectivity index (χ3n) is 3.68. The fraction of sp³-hybridized carbons (Fsp3) is 0.867. The lowest BCUT2D eigenvalue weighted by atomic mass is 10.1. The van der Waals surface area contributed by atoms with Crippen molar-refractivity contribution >= 4 is 35.0 Å². The van der Waals surface area contributed by atoms with E-state index in [1.54, 1.807) is 0 Å². The van der Waals surface area contributed by atoms with Crippen molar-refractivity contribution < 1.29 is 9.59 Å². The van der Waals surface area contributed by atoms with Gasteiger partial charge in [0.15, 0.2) is 0 Å². The number of rotatable bonds is 7. The number of carbonyl (C=O) groups is 2. The molecule has 1 aliphatic rings. The Morgan fingerprint density at radius 2 is 1.85 bits per heavy atom. The second-order valence-corrected chi connectivity index (χ2v) is 7.23. The molecule has 0 aromatic rings. The maximum Gasteiger partial charge on any atom is 0.232 e. The molecule has 1 fully saturated rings. The van der Waals surface area contributed by atoms with Crippen LogP contribution in [0.2, 0.25) is 0 Å². The highest BCUT2D eigenvalue weighted by Gasteiger charge is 2.34. The van der Waals surface area contributed by atoms with Crippen molar-refractivity contribution in [3.8, 4) is 0 Å². The fourth-order valence-corrected chi connectivity index (χ4v) is 2.98. The van der Waals surface area contributed by atoms with E-state index >= 15 is 0 Å². The summed E-state index contributed by atoms with van der Waals surface area (Å²) < 4.78 is -1.01. The van der Waals surface area contributed by atoms with Crippen LogP contribution in [0.1, 0.15) is 71.1 Å². The zero-order chi connectivity index (χ0) is 15.0. The third kappa shape index (κ3) is 6.45. The van der Waals surface area contributed by atoms with Crippen molar-refractivity contribution in [2.75, 3.05) is 6.54 Å². The number of amides is 2. The Hall–Kier alpha value is -0.280. The highest BCUT2D eigenvalue weighted by molar-refractivity contribution is 6.49. The first-order valence-electron chi connectivity index (χ1n) is 7.67. The Kier molecular flexibility index (Phi) is 7.90. The van der Waals surface area contributed by atoms with Gasteiger partial charge in [0, 0.05) is 13.0 Å². The summed E-state index contributed by atoms with van der Waals surface area (Å²) in [5.74, 6) is -0.306. The smallest absolute Gasteiger partial charge is 0.232 e. The first-order valence-corrected chi connectivity index (χ1v) is 8.43. The van der Waals surface area contributed by atoms with Gasteiger partial charge in [0.1, 0.15) is 4.33 Å². The van der Waals surface area contributed by atoms with Gasteiger partial charge < -0.3 is 0 Å². The van der Waals surface area contributed by atoms with Crippen LogP contribution in [0.5, 0.6) is 0 Å². The normalized spacial score (nSPS) is 18.9. The van der Waals surface area contributed by atoms with E-state index in [-0.39, 0.29) is 18.2 Å². The van der Waals surface area contributed by atoms with Gasteiger partial charge in [-0.3, -0.25) is 14.5 Å². The predicted octanol–water partition coefficient (Wildman–Crippen LogP) is 4.45. The molecule has 20 heavy (non-hydrogen) atoms. The van der Waals surface area contributed by atoms with E-state index in [2.05, 4.69) is 6.92 Å². The number of imide groups is 1. The highest BCUT2D eigenvalue weighted by atomic mass is 35.5. The van der Waals surface area contributed by atoms with Gasteiger partial charge in [0.25, 0.3) is 0 Å². The summed E-state index contributed by atoms with van der Waals surface area (Å²) in [4.78, 5) is 25.4. The van der Waals surface area contributed by atoms with Crippen LogP contribution in [0.4, 0.5) is 0 Å². The number of carbonyl (C=O) groups excluding carboxylic acids is 2. The van der Waals surface area contributed by atoms with Gasteiger partial charge in [-0.25, -0.2) is 0 Å². The van der Waals surface area contributed by atoms with E-state index in [4.69, 9.17) is 23.2 Å². The number of likely N-dealkylation sites (tertiary alicyclic amines) is 1. The Labute approximate surface area is 132 Å². The number of halogens is 2. The summed E-state index contributed by atoms with van der Waals surface area (Å²) in [5.41, 5.74) is 0. The van der Waals surface area contributed by atoms with Crippen LogP contribution in [0, 0.1) is 0 Å². The molecule has 1 saturated heterocycles. The van der Waals surface area contributed by atoms with E-state index in [9.17, 15) is 9.59 Å². The van der Waals surface area contributed by atoms with E-state index in [1.165, 1.54) is 30.6 Å². The number of nitrogens with zero attached hydrogens (tertiary/aromatic N) is 1. The van der Waals surface area contributed by atoms with Crippen molar-refractivity contribution in [2.45, 2.75) is 75.5 Å². The van der Waals surface area contributed by atoms with Crippen molar-refractivity contribution in [2.24, 2.45) is 0 Å². The molecule has 0 atom stereocenters. The average molecular weight is 322 g/mol. The largest absolute Gasteiger partial charge is 0.283 e. The highest BCUT2D eigenvalue weighted by Crippen LogP contribution is 2.34. The van der Waals surface area contributed by atoms with Gasteiger partial charge in [-0.05, 0) is 19.3 Å². The topological polar surface area (TPSA) is 37.4 Å². The van der Waals surface area contributed by atoms with Crippen molar-refractivity contribution in [1.29, 1.82) is 0 Å². The van der Waals surface area contributed by atoms with Gasteiger partial charge in [-0.1, -0.05) is 39.0 Å². The SMILES string of the molecule is CCCCCCCCC(=O)N1CCCC(Cl)(Cl)CC1=O. The van der Waals surface area contributed by atoms with Crippen LogP contribution in [-0.4, -0.2) is 27.6 Å². The van der Waals surface area contributed by atoms with Gasteiger partial charge in [-0.15, -0.1) is 23.2 Å². The van der Waals surface area contributed by atoms with E-state index in [1.807, 2.05) is 0 Å². The summed E-state index contributed by atoms with van der Waals surface area (Å²) in [5, 5.41) is 0. The predicted molar refractivity (Wildman–Crippen MR) is 83.0 cm³/mol. The lowest BCUT2D eigenvalue weighted by Gasteiger charge is -2.19. The first kappa shape index (κ1) is 17.8. The minimum Gasteiger partial charge on any atom is -0.283 e. The van der Waals surface area contributed by atoms with Crippen molar-refractivity contribution in [3.05, 3.63) is 0 Å². The van der Waals surface area contributed by atoms with E-state index < -0.39 is 4.33 Å². The Balaban J connectivity index is 2.30. The van der Waals surface area contributed by atoms with Crippen LogP contribution < -0.4 is 0 Å². The average Bonchev–Trinajstić information content (AvgIpc) is 2.50. The van der Waals surface area contributed by atoms with Crippen molar-refractivity contribution in [3.63, 3.8) is 0 Å². The standard InChI is InChI=1S/C15H25Cl2NO2/c1-2-3-4-5-6-7-9-13(19)18-11-8-10-15(16,17)12-14(18)20/h2-12H2,1H3. The Morgan fingerprint density at radius 1 is 1.20 bits per heavy atom. The quantitative estimate of drug-likeness (QED) is 0.513. The molecule has 1 heterocycles. The lowest BCUT2D eigenvalue weighted by Crippen LogP contribution is -2.37. The van der Waals surface area contributed by atoms with Crippen LogP contribution in [0.25, 0.3) is 0 Å². The molecule has 0 saturated carbocycles. The summed E-state index contributed by atoms with van der Waals surface area (Å²) in [6.45, 7) is 2.64. The molecule has 0 unspecified atom stereocenters. The summed E-state index contributed by atoms with van der Waals surface area (Å²) in [6, 6.07) is 0. The van der Waals surface area contributed by atoms with Gasteiger partial charge in [0.05, 0.1) is 6.42 Å². The molecule has 0 radical (unpaired) electrons. The maximum atomic E-state index is 12.1. The van der Waals surface area contributed by atoms with E-state index in [0.29, 0.717) is 25.8 Å². The molecule has 2 amide bonds. The molecule has 1 rings (SSSR count). The molecular formula is C15H25Cl2NO2. The molecule has 0 aromatic carbocycles. The molecule has 0 aliphatic carbocycles. The maximum absolute atomic E-state index is 12.1. The second kappa shape index (κ2) is 8.89. The summed E-state index contributed by atoms with van der Waals surface area (Å²) in [6.07, 6.45) is 8.53. The fourth-order valence-electron chi connectivity index (χ4n) is 2.48. The molecule has 0 spiro atoms. The first-order chi connectivity index (χ1) is 9.46. The molecule has 0 N–H and O–H groups in total. The molecule has 0 aromatic heterocycles. The van der Waals surface area contributed by atoms with Crippen molar-refractivity contribution in [1.82, 2.24) is 4.90 Å². The van der Waals surface area contributed by atoms with Crippen LogP contribution >= 0.6 is 23.2 Å². The Bertz CT molecular complexity index is 332. The summed E-state index contributed by atoms with van der Waals surface area (Å²) in [7, 11) is 0. The van der Waals surface area contributed by atoms with Crippen LogP contribution in [0.3, 0.4) is 0 Å². The summed E-state index contributed by atoms with van der Waals surface area (Å²) >= 11 is 12.0. The van der Waals surface area contributed by atoms with Gasteiger partial charge in [-0.2, -0.15) is 0 Å². The van der Waals surface area contributed by atoms with Gasteiger partial charge >= 0.3 is 0 Å². The number of alkyl halides is 2. The zero-order valence-electron chi connectivity index (χ0n) is 12.3. The van der Waals surface area contributed by atoms with Gasteiger partial charge in [0.2, 0.25) is 11.8 Å². The van der Waals surface area contributed by atoms with Crippen LogP contribution in [-0.2, 0) is 9.59 Å². The molecule has 0 bridgehead atoms. The number of hydrogen-bond donors (Lipinski definition) is 0. The molecule has 1 aliphatic heterocycles. The molecule has 3 nitrogen and oxygen atoms in total. The number of unbranched alkanes of at least 4 members (excludes halogenated alkanes) is 5. The van der Waals surface area contributed by atoms with Crippen LogP contribution in [0.15, 0.2) is 0 Å². The molecular weight excluding hydrogens is 297 g/mol. The van der Waals surface area contributed by atoms with E-state index in [0.717, 1.165) is 12.8 Å². The molecule has 5 heteroatoms. The monoisotopic (exact) mass is 321 g/mol.